The van der Waals surface area contributed by atoms with Crippen LogP contribution >= 0.6 is 11.6 Å². The average Bonchev–Trinajstić information content (AvgIpc) is 3.18. The van der Waals surface area contributed by atoms with Crippen LogP contribution in [0.15, 0.2) is 36.5 Å². The van der Waals surface area contributed by atoms with Crippen molar-refractivity contribution in [3.8, 4) is 11.3 Å². The van der Waals surface area contributed by atoms with Crippen LogP contribution < -0.4 is 10.8 Å². The first-order valence-electron chi connectivity index (χ1n) is 10.6. The van der Waals surface area contributed by atoms with Crippen molar-refractivity contribution in [2.45, 2.75) is 18.9 Å². The Morgan fingerprint density at radius 2 is 2.06 bits per heavy atom. The largest absolute Gasteiger partial charge is 0.382 e. The van der Waals surface area contributed by atoms with E-state index in [1.807, 2.05) is 35.2 Å². The molecule has 1 aliphatic rings. The topological polar surface area (TPSA) is 81.0 Å². The van der Waals surface area contributed by atoms with Gasteiger partial charge in [0.1, 0.15) is 20.3 Å². The summed E-state index contributed by atoms with van der Waals surface area (Å²) in [6.45, 7) is 2.31. The second kappa shape index (κ2) is 10.3. The van der Waals surface area contributed by atoms with Crippen molar-refractivity contribution in [3.05, 3.63) is 41.6 Å². The van der Waals surface area contributed by atoms with Crippen molar-refractivity contribution in [1.82, 2.24) is 19.5 Å². The number of aromatic nitrogens is 3. The molecular weight excluding hydrogens is 429 g/mol. The van der Waals surface area contributed by atoms with E-state index < -0.39 is 0 Å². The highest BCUT2D eigenvalue weighted by Gasteiger charge is 2.24. The molecule has 166 valence electrons. The number of methoxy groups -OCH3 is 1. The van der Waals surface area contributed by atoms with Crippen LogP contribution in [0.1, 0.15) is 12.8 Å². The van der Waals surface area contributed by atoms with Crippen molar-refractivity contribution in [1.29, 1.82) is 0 Å². The maximum atomic E-state index is 12.3. The molecule has 1 fully saturated rings. The summed E-state index contributed by atoms with van der Waals surface area (Å²) in [5.41, 5.74) is 2.62. The molecule has 8 nitrogen and oxygen atoms in total. The van der Waals surface area contributed by atoms with Crippen LogP contribution in [0, 0.1) is 0 Å². The lowest BCUT2D eigenvalue weighted by molar-refractivity contribution is -0.137. The molecule has 1 aromatic carbocycles. The van der Waals surface area contributed by atoms with E-state index in [2.05, 4.69) is 15.4 Å². The van der Waals surface area contributed by atoms with Crippen molar-refractivity contribution in [2.75, 3.05) is 45.3 Å². The summed E-state index contributed by atoms with van der Waals surface area (Å²) < 4.78 is 12.0. The molecule has 4 rings (SSSR count). The zero-order chi connectivity index (χ0) is 22.5. The van der Waals surface area contributed by atoms with Crippen molar-refractivity contribution in [2.24, 2.45) is 0 Å². The number of fused-ring (bicyclic) bond motifs is 1. The molecule has 0 spiro atoms. The fourth-order valence-corrected chi connectivity index (χ4v) is 4.00. The van der Waals surface area contributed by atoms with Gasteiger partial charge in [0.25, 0.3) is 0 Å². The molecule has 0 bridgehead atoms. The second-order valence-corrected chi connectivity index (χ2v) is 8.09. The number of carbonyl (C=O) groups excluding carboxylic acids is 1. The fraction of sp³-hybridized carbons (Fsp3) is 0.409. The number of nitrogens with one attached hydrogen (secondary N) is 1. The van der Waals surface area contributed by atoms with Gasteiger partial charge in [0.05, 0.1) is 18.9 Å². The molecule has 2 radical (unpaired) electrons. The van der Waals surface area contributed by atoms with E-state index in [1.165, 1.54) is 0 Å². The highest BCUT2D eigenvalue weighted by molar-refractivity contribution is 6.36. The van der Waals surface area contributed by atoms with E-state index in [0.29, 0.717) is 42.4 Å². The molecular formula is C22H25BClN5O3. The molecule has 0 unspecified atom stereocenters. The van der Waals surface area contributed by atoms with E-state index in [1.54, 1.807) is 17.8 Å². The Morgan fingerprint density at radius 1 is 1.28 bits per heavy atom. The minimum atomic E-state index is 0.00621. The quantitative estimate of drug-likeness (QED) is 0.414. The molecule has 0 saturated carbocycles. The number of likely N-dealkylation sites (tertiary alicyclic amines) is 1. The van der Waals surface area contributed by atoms with Gasteiger partial charge in [0, 0.05) is 49.1 Å². The molecule has 1 saturated heterocycles. The number of hydrogen-bond donors (Lipinski definition) is 1. The first kappa shape index (κ1) is 22.6. The molecule has 32 heavy (non-hydrogen) atoms. The van der Waals surface area contributed by atoms with Crippen LogP contribution in [0.5, 0.6) is 0 Å². The van der Waals surface area contributed by atoms with Crippen LogP contribution in [-0.4, -0.2) is 79.3 Å². The van der Waals surface area contributed by atoms with Gasteiger partial charge in [-0.05, 0) is 24.4 Å². The molecule has 0 aliphatic carbocycles. The summed E-state index contributed by atoms with van der Waals surface area (Å²) in [6.07, 6.45) is 3.21. The number of piperidine rings is 1. The van der Waals surface area contributed by atoms with Crippen LogP contribution in [0.2, 0.25) is 5.02 Å². The van der Waals surface area contributed by atoms with Gasteiger partial charge in [-0.3, -0.25) is 4.79 Å². The maximum Gasteiger partial charge on any atom is 0.248 e. The first-order valence-corrected chi connectivity index (χ1v) is 10.9. The lowest BCUT2D eigenvalue weighted by Crippen LogP contribution is -2.44. The Bertz CT molecular complexity index is 1080. The van der Waals surface area contributed by atoms with Crippen LogP contribution in [0.25, 0.3) is 16.9 Å². The lowest BCUT2D eigenvalue weighted by atomic mass is 10.0. The Balaban J connectivity index is 1.46. The van der Waals surface area contributed by atoms with E-state index in [-0.39, 0.29) is 18.6 Å². The van der Waals surface area contributed by atoms with Gasteiger partial charge in [0.2, 0.25) is 5.91 Å². The Kier molecular flexibility index (Phi) is 7.29. The summed E-state index contributed by atoms with van der Waals surface area (Å²) in [4.78, 5) is 18.8. The van der Waals surface area contributed by atoms with E-state index in [0.717, 1.165) is 29.9 Å². The van der Waals surface area contributed by atoms with Crippen LogP contribution in [-0.2, 0) is 14.3 Å². The average molecular weight is 454 g/mol. The molecule has 10 heteroatoms. The third-order valence-electron chi connectivity index (χ3n) is 5.51. The minimum Gasteiger partial charge on any atom is -0.382 e. The molecule has 1 aliphatic heterocycles. The summed E-state index contributed by atoms with van der Waals surface area (Å²) >= 11 is 6.40. The van der Waals surface area contributed by atoms with Crippen LogP contribution in [0.3, 0.4) is 0 Å². The molecule has 3 heterocycles. The summed E-state index contributed by atoms with van der Waals surface area (Å²) in [5.74, 6) is 0.793. The third-order valence-corrected chi connectivity index (χ3v) is 5.84. The number of ether oxygens (including phenoxy) is 2. The number of carbonyl (C=O) groups is 1. The summed E-state index contributed by atoms with van der Waals surface area (Å²) in [5, 5.41) is 8.56. The highest BCUT2D eigenvalue weighted by Crippen LogP contribution is 2.29. The Labute approximate surface area is 193 Å². The van der Waals surface area contributed by atoms with Gasteiger partial charge in [0.15, 0.2) is 5.65 Å². The number of rotatable bonds is 8. The summed E-state index contributed by atoms with van der Waals surface area (Å²) in [6, 6.07) is 9.68. The fourth-order valence-electron chi connectivity index (χ4n) is 3.76. The SMILES string of the molecule is [B]c1cnn2c(NC3CCN(C(=O)COCCOC)CC3)cc(-c3ccccc3Cl)nc12. The lowest BCUT2D eigenvalue weighted by Gasteiger charge is -2.33. The van der Waals surface area contributed by atoms with Gasteiger partial charge in [-0.15, -0.1) is 0 Å². The standard InChI is InChI=1S/C22H25BClN5O3/c1-31-10-11-32-14-21(30)28-8-6-15(7-9-28)26-20-12-19(16-4-2-3-5-18(16)24)27-22-17(23)13-25-29(20)22/h2-5,12-13,15,26H,6-11,14H2,1H3. The smallest absolute Gasteiger partial charge is 0.248 e. The van der Waals surface area contributed by atoms with Gasteiger partial charge < -0.3 is 19.7 Å². The van der Waals surface area contributed by atoms with E-state index in [4.69, 9.17) is 28.9 Å². The highest BCUT2D eigenvalue weighted by atomic mass is 35.5. The van der Waals surface area contributed by atoms with Crippen molar-refractivity contribution in [3.63, 3.8) is 0 Å². The monoisotopic (exact) mass is 453 g/mol. The number of halogens is 1. The predicted molar refractivity (Wildman–Crippen MR) is 125 cm³/mol. The molecule has 1 N–H and O–H groups in total. The molecule has 2 aromatic heterocycles. The maximum absolute atomic E-state index is 12.3. The first-order chi connectivity index (χ1) is 15.6. The normalized spacial score (nSPS) is 14.8. The number of amides is 1. The Hall–Kier alpha value is -2.62. The number of hydrogen-bond acceptors (Lipinski definition) is 6. The second-order valence-electron chi connectivity index (χ2n) is 7.69. The van der Waals surface area contributed by atoms with Crippen LogP contribution in [0.4, 0.5) is 5.82 Å². The zero-order valence-corrected chi connectivity index (χ0v) is 18.7. The zero-order valence-electron chi connectivity index (χ0n) is 18.0. The van der Waals surface area contributed by atoms with E-state index >= 15 is 0 Å². The number of nitrogens with zero attached hydrogens (tertiary/aromatic N) is 4. The van der Waals surface area contributed by atoms with Gasteiger partial charge in [-0.1, -0.05) is 29.8 Å². The molecule has 1 amide bonds. The van der Waals surface area contributed by atoms with Crippen molar-refractivity contribution >= 4 is 42.3 Å². The van der Waals surface area contributed by atoms with Crippen molar-refractivity contribution < 1.29 is 14.3 Å². The summed E-state index contributed by atoms with van der Waals surface area (Å²) in [7, 11) is 7.71. The third kappa shape index (κ3) is 5.06. The molecule has 3 aromatic rings. The van der Waals surface area contributed by atoms with Gasteiger partial charge >= 0.3 is 0 Å². The van der Waals surface area contributed by atoms with Gasteiger partial charge in [-0.2, -0.15) is 9.61 Å². The predicted octanol–water partition coefficient (Wildman–Crippen LogP) is 1.91. The number of benzene rings is 1. The van der Waals surface area contributed by atoms with E-state index in [9.17, 15) is 4.79 Å². The number of anilines is 1. The van der Waals surface area contributed by atoms with Gasteiger partial charge in [-0.25, -0.2) is 4.98 Å². The minimum absolute atomic E-state index is 0.00621. The molecule has 0 atom stereocenters. The Morgan fingerprint density at radius 3 is 2.81 bits per heavy atom.